The van der Waals surface area contributed by atoms with Crippen LogP contribution in [0.3, 0.4) is 0 Å². The van der Waals surface area contributed by atoms with E-state index in [1.54, 1.807) is 4.81 Å². The van der Waals surface area contributed by atoms with Crippen molar-refractivity contribution in [2.45, 2.75) is 6.10 Å². The number of aliphatic hydroxyl groups is 1. The van der Waals surface area contributed by atoms with Gasteiger partial charge in [-0.1, -0.05) is 0 Å². The summed E-state index contributed by atoms with van der Waals surface area (Å²) in [6.07, 6.45) is 0.512. The molecule has 1 aliphatic heterocycles. The molecule has 0 saturated carbocycles. The van der Waals surface area contributed by atoms with Gasteiger partial charge in [0.2, 0.25) is 0 Å². The Morgan fingerprint density at radius 2 is 2.38 bits per heavy atom. The van der Waals surface area contributed by atoms with Crippen LogP contribution in [0.15, 0.2) is 0 Å². The van der Waals surface area contributed by atoms with Crippen molar-refractivity contribution in [1.82, 2.24) is 4.81 Å². The molecular formula is C4H7BNO2. The van der Waals surface area contributed by atoms with Crippen molar-refractivity contribution >= 4 is 13.6 Å². The molecule has 1 fully saturated rings. The minimum absolute atomic E-state index is 0.216. The average molecular weight is 112 g/mol. The van der Waals surface area contributed by atoms with Crippen LogP contribution in [0.2, 0.25) is 0 Å². The van der Waals surface area contributed by atoms with Crippen molar-refractivity contribution in [2.75, 3.05) is 13.1 Å². The maximum absolute atomic E-state index is 9.74. The van der Waals surface area contributed by atoms with Crippen LogP contribution in [-0.2, 0) is 4.79 Å². The molecule has 0 aromatic rings. The van der Waals surface area contributed by atoms with Crippen molar-refractivity contribution in [2.24, 2.45) is 0 Å². The quantitative estimate of drug-likeness (QED) is 0.348. The second-order valence-corrected chi connectivity index (χ2v) is 1.89. The van der Waals surface area contributed by atoms with Gasteiger partial charge in [-0.15, -0.1) is 0 Å². The molecular weight excluding hydrogens is 105 g/mol. The third kappa shape index (κ3) is 1.08. The summed E-state index contributed by atoms with van der Waals surface area (Å²) < 4.78 is 0. The molecule has 1 heterocycles. The van der Waals surface area contributed by atoms with Gasteiger partial charge in [0.25, 0.3) is 7.41 Å². The lowest BCUT2D eigenvalue weighted by atomic mass is 9.89. The van der Waals surface area contributed by atoms with Crippen LogP contribution in [-0.4, -0.2) is 42.7 Å². The molecule has 0 amide bonds. The molecule has 1 radical (unpaired) electrons. The summed E-state index contributed by atoms with van der Waals surface area (Å²) in [6.45, 7) is 1.22. The summed E-state index contributed by atoms with van der Waals surface area (Å²) in [7, 11) is 1.44. The van der Waals surface area contributed by atoms with E-state index in [4.69, 9.17) is 5.11 Å². The van der Waals surface area contributed by atoms with Gasteiger partial charge in [-0.25, -0.2) is 0 Å². The van der Waals surface area contributed by atoms with E-state index in [-0.39, 0.29) is 6.10 Å². The van der Waals surface area contributed by atoms with Gasteiger partial charge in [0.1, 0.15) is 0 Å². The lowest BCUT2D eigenvalue weighted by Gasteiger charge is -2.33. The Morgan fingerprint density at radius 3 is 2.75 bits per heavy atom. The molecule has 8 heavy (non-hydrogen) atoms. The first-order valence-corrected chi connectivity index (χ1v) is 2.53. The lowest BCUT2D eigenvalue weighted by molar-refractivity contribution is 0.0548. The number of β-amino-alcohol motifs (C(OH)–C–C–N with tert-alkyl or cyclic N) is 1. The van der Waals surface area contributed by atoms with Gasteiger partial charge in [-0.05, 0) is 0 Å². The summed E-state index contributed by atoms with van der Waals surface area (Å²) in [4.78, 5) is 11.5. The predicted molar refractivity (Wildman–Crippen MR) is 30.1 cm³/mol. The zero-order valence-electron chi connectivity index (χ0n) is 4.45. The molecule has 43 valence electrons. The smallest absolute Gasteiger partial charge is 0.293 e. The first kappa shape index (κ1) is 5.79. The first-order valence-electron chi connectivity index (χ1n) is 2.53. The zero-order chi connectivity index (χ0) is 5.98. The van der Waals surface area contributed by atoms with Crippen molar-refractivity contribution in [3.63, 3.8) is 0 Å². The molecule has 3 nitrogen and oxygen atoms in total. The Hall–Kier alpha value is -0.345. The highest BCUT2D eigenvalue weighted by Gasteiger charge is 2.23. The van der Waals surface area contributed by atoms with E-state index in [0.717, 1.165) is 6.19 Å². The van der Waals surface area contributed by atoms with Crippen LogP contribution in [0.25, 0.3) is 0 Å². The van der Waals surface area contributed by atoms with Crippen LogP contribution in [0.5, 0.6) is 0 Å². The SMILES string of the molecule is O=C[B]N1CC(O)C1. The highest BCUT2D eigenvalue weighted by atomic mass is 16.3. The van der Waals surface area contributed by atoms with Gasteiger partial charge >= 0.3 is 0 Å². The highest BCUT2D eigenvalue weighted by Crippen LogP contribution is 2.02. The van der Waals surface area contributed by atoms with Crippen LogP contribution >= 0.6 is 0 Å². The normalized spacial score (nSPS) is 22.1. The third-order valence-corrected chi connectivity index (χ3v) is 1.16. The molecule has 1 N–H and O–H groups in total. The number of hydrogen-bond acceptors (Lipinski definition) is 3. The van der Waals surface area contributed by atoms with E-state index in [1.807, 2.05) is 0 Å². The molecule has 0 unspecified atom stereocenters. The van der Waals surface area contributed by atoms with E-state index in [0.29, 0.717) is 13.1 Å². The van der Waals surface area contributed by atoms with Gasteiger partial charge in [0.05, 0.1) is 12.3 Å². The summed E-state index contributed by atoms with van der Waals surface area (Å²) in [5.41, 5.74) is 0. The summed E-state index contributed by atoms with van der Waals surface area (Å²) in [5.74, 6) is 0. The number of carbonyl (C=O) groups excluding carboxylic acids is 1. The van der Waals surface area contributed by atoms with Crippen LogP contribution in [0.1, 0.15) is 0 Å². The molecule has 0 aromatic carbocycles. The Bertz CT molecular complexity index is 92.0. The molecule has 1 saturated heterocycles. The number of nitrogens with zero attached hydrogens (tertiary/aromatic N) is 1. The van der Waals surface area contributed by atoms with Crippen LogP contribution in [0.4, 0.5) is 0 Å². The van der Waals surface area contributed by atoms with Crippen molar-refractivity contribution in [3.8, 4) is 0 Å². The number of carbonyl (C=O) groups is 1. The van der Waals surface area contributed by atoms with Gasteiger partial charge in [-0.2, -0.15) is 0 Å². The number of rotatable bonds is 2. The van der Waals surface area contributed by atoms with E-state index in [2.05, 4.69) is 0 Å². The minimum atomic E-state index is -0.216. The number of aliphatic hydroxyl groups excluding tert-OH is 1. The molecule has 1 aliphatic rings. The van der Waals surface area contributed by atoms with Gasteiger partial charge < -0.3 is 14.7 Å². The van der Waals surface area contributed by atoms with Crippen molar-refractivity contribution in [1.29, 1.82) is 0 Å². The average Bonchev–Trinajstić information content (AvgIpc) is 1.64. The fourth-order valence-corrected chi connectivity index (χ4v) is 0.696. The highest BCUT2D eigenvalue weighted by molar-refractivity contribution is 6.64. The van der Waals surface area contributed by atoms with E-state index >= 15 is 0 Å². The van der Waals surface area contributed by atoms with Gasteiger partial charge in [0, 0.05) is 13.1 Å². The Balaban J connectivity index is 2.06. The monoisotopic (exact) mass is 112 g/mol. The third-order valence-electron chi connectivity index (χ3n) is 1.16. The standard InChI is InChI=1S/C4H7BNO2/c7-3-5-6-1-4(8)2-6/h3-4,8H,1-2H2. The molecule has 4 heteroatoms. The minimum Gasteiger partial charge on any atom is -0.391 e. The van der Waals surface area contributed by atoms with E-state index < -0.39 is 0 Å². The molecule has 0 aromatic heterocycles. The van der Waals surface area contributed by atoms with E-state index in [1.165, 1.54) is 7.41 Å². The van der Waals surface area contributed by atoms with Crippen molar-refractivity contribution in [3.05, 3.63) is 0 Å². The van der Waals surface area contributed by atoms with Gasteiger partial charge in [-0.3, -0.25) is 0 Å². The second kappa shape index (κ2) is 2.28. The Morgan fingerprint density at radius 1 is 1.75 bits per heavy atom. The predicted octanol–water partition coefficient (Wildman–Crippen LogP) is -1.53. The molecule has 0 bridgehead atoms. The molecule has 0 aliphatic carbocycles. The second-order valence-electron chi connectivity index (χ2n) is 1.89. The zero-order valence-corrected chi connectivity index (χ0v) is 4.45. The maximum Gasteiger partial charge on any atom is 0.293 e. The summed E-state index contributed by atoms with van der Waals surface area (Å²) in [5, 5.41) is 8.67. The van der Waals surface area contributed by atoms with Crippen LogP contribution in [0, 0.1) is 0 Å². The van der Waals surface area contributed by atoms with Gasteiger partial charge in [0.15, 0.2) is 0 Å². The maximum atomic E-state index is 9.74. The largest absolute Gasteiger partial charge is 0.391 e. The molecule has 1 rings (SSSR count). The van der Waals surface area contributed by atoms with E-state index in [9.17, 15) is 4.79 Å². The van der Waals surface area contributed by atoms with Crippen molar-refractivity contribution < 1.29 is 9.90 Å². The fourth-order valence-electron chi connectivity index (χ4n) is 0.696. The molecule has 0 spiro atoms. The topological polar surface area (TPSA) is 40.5 Å². The summed E-state index contributed by atoms with van der Waals surface area (Å²) in [6, 6.07) is 0. The van der Waals surface area contributed by atoms with Crippen LogP contribution < -0.4 is 0 Å². The Kier molecular flexibility index (Phi) is 1.65. The first-order chi connectivity index (χ1) is 3.83. The summed E-state index contributed by atoms with van der Waals surface area (Å²) >= 11 is 0. The number of hydrogen-bond donors (Lipinski definition) is 1. The lowest BCUT2D eigenvalue weighted by Crippen LogP contribution is -2.52. The molecule has 0 atom stereocenters. The Labute approximate surface area is 48.6 Å². The fraction of sp³-hybridized carbons (Fsp3) is 0.750.